The van der Waals surface area contributed by atoms with E-state index >= 15 is 0 Å². The molecule has 0 saturated heterocycles. The van der Waals surface area contributed by atoms with E-state index < -0.39 is 11.8 Å². The standard InChI is InChI=1S/C13H13FN4O2/c1-18(2)13-15-6-5-11(17-13)16-8-3-4-9(12(19)20)10(14)7-8/h3-7H,1-2H3,(H,19,20)(H,15,16,17). The van der Waals surface area contributed by atoms with E-state index in [2.05, 4.69) is 15.3 Å². The van der Waals surface area contributed by atoms with Gasteiger partial charge in [0.2, 0.25) is 5.95 Å². The van der Waals surface area contributed by atoms with Gasteiger partial charge in [-0.3, -0.25) is 0 Å². The van der Waals surface area contributed by atoms with Crippen LogP contribution in [-0.4, -0.2) is 35.1 Å². The van der Waals surface area contributed by atoms with Gasteiger partial charge in [-0.25, -0.2) is 14.2 Å². The summed E-state index contributed by atoms with van der Waals surface area (Å²) < 4.78 is 13.5. The Morgan fingerprint density at radius 1 is 1.35 bits per heavy atom. The number of benzene rings is 1. The van der Waals surface area contributed by atoms with Gasteiger partial charge in [0.15, 0.2) is 0 Å². The molecule has 0 saturated carbocycles. The van der Waals surface area contributed by atoms with Gasteiger partial charge in [-0.15, -0.1) is 0 Å². The van der Waals surface area contributed by atoms with E-state index in [0.717, 1.165) is 6.07 Å². The van der Waals surface area contributed by atoms with E-state index in [1.165, 1.54) is 12.1 Å². The molecular formula is C13H13FN4O2. The topological polar surface area (TPSA) is 78.4 Å². The zero-order valence-electron chi connectivity index (χ0n) is 11.0. The molecule has 20 heavy (non-hydrogen) atoms. The number of anilines is 3. The zero-order valence-corrected chi connectivity index (χ0v) is 11.0. The zero-order chi connectivity index (χ0) is 14.7. The molecule has 0 aliphatic rings. The summed E-state index contributed by atoms with van der Waals surface area (Å²) in [6.45, 7) is 0. The molecule has 0 fully saturated rings. The Morgan fingerprint density at radius 2 is 2.10 bits per heavy atom. The van der Waals surface area contributed by atoms with Crippen molar-refractivity contribution in [3.63, 3.8) is 0 Å². The highest BCUT2D eigenvalue weighted by atomic mass is 19.1. The maximum absolute atomic E-state index is 13.5. The number of carboxylic acid groups (broad SMARTS) is 1. The minimum Gasteiger partial charge on any atom is -0.478 e. The van der Waals surface area contributed by atoms with E-state index in [0.29, 0.717) is 17.5 Å². The molecule has 1 aromatic carbocycles. The minimum absolute atomic E-state index is 0.368. The predicted molar refractivity (Wildman–Crippen MR) is 73.0 cm³/mol. The highest BCUT2D eigenvalue weighted by molar-refractivity contribution is 5.88. The molecule has 0 radical (unpaired) electrons. The quantitative estimate of drug-likeness (QED) is 0.890. The number of carbonyl (C=O) groups is 1. The van der Waals surface area contributed by atoms with Crippen LogP contribution in [0.2, 0.25) is 0 Å². The highest BCUT2D eigenvalue weighted by Gasteiger charge is 2.10. The van der Waals surface area contributed by atoms with Crippen molar-refractivity contribution in [2.75, 3.05) is 24.3 Å². The van der Waals surface area contributed by atoms with Crippen molar-refractivity contribution in [1.82, 2.24) is 9.97 Å². The van der Waals surface area contributed by atoms with Gasteiger partial charge in [0.05, 0.1) is 5.56 Å². The first-order chi connectivity index (χ1) is 9.47. The van der Waals surface area contributed by atoms with Crippen molar-refractivity contribution in [1.29, 1.82) is 0 Å². The van der Waals surface area contributed by atoms with Gasteiger partial charge < -0.3 is 15.3 Å². The normalized spacial score (nSPS) is 10.2. The Labute approximate surface area is 114 Å². The van der Waals surface area contributed by atoms with Gasteiger partial charge in [-0.1, -0.05) is 0 Å². The van der Waals surface area contributed by atoms with Crippen LogP contribution in [0.5, 0.6) is 0 Å². The summed E-state index contributed by atoms with van der Waals surface area (Å²) in [5.41, 5.74) is 0.0446. The fourth-order valence-corrected chi connectivity index (χ4v) is 1.55. The Hall–Kier alpha value is -2.70. The SMILES string of the molecule is CN(C)c1nccc(Nc2ccc(C(=O)O)c(F)c2)n1. The lowest BCUT2D eigenvalue weighted by atomic mass is 10.2. The van der Waals surface area contributed by atoms with Gasteiger partial charge in [-0.2, -0.15) is 4.98 Å². The third-order valence-electron chi connectivity index (χ3n) is 2.51. The summed E-state index contributed by atoms with van der Waals surface area (Å²) >= 11 is 0. The van der Waals surface area contributed by atoms with Crippen molar-refractivity contribution >= 4 is 23.4 Å². The van der Waals surface area contributed by atoms with Gasteiger partial charge >= 0.3 is 5.97 Å². The Morgan fingerprint density at radius 3 is 2.70 bits per heavy atom. The third-order valence-corrected chi connectivity index (χ3v) is 2.51. The fraction of sp³-hybridized carbons (Fsp3) is 0.154. The smallest absolute Gasteiger partial charge is 0.338 e. The fourth-order valence-electron chi connectivity index (χ4n) is 1.55. The van der Waals surface area contributed by atoms with Crippen LogP contribution in [0.4, 0.5) is 21.8 Å². The van der Waals surface area contributed by atoms with Crippen LogP contribution >= 0.6 is 0 Å². The molecule has 2 N–H and O–H groups in total. The molecular weight excluding hydrogens is 263 g/mol. The number of aromatic carboxylic acids is 1. The second-order valence-corrected chi connectivity index (χ2v) is 4.26. The van der Waals surface area contributed by atoms with E-state index in [9.17, 15) is 9.18 Å². The molecule has 0 bridgehead atoms. The lowest BCUT2D eigenvalue weighted by Crippen LogP contribution is -2.13. The largest absolute Gasteiger partial charge is 0.478 e. The maximum atomic E-state index is 13.5. The molecule has 0 spiro atoms. The molecule has 0 unspecified atom stereocenters. The molecule has 2 rings (SSSR count). The second-order valence-electron chi connectivity index (χ2n) is 4.26. The van der Waals surface area contributed by atoms with Crippen molar-refractivity contribution < 1.29 is 14.3 Å². The van der Waals surface area contributed by atoms with Crippen molar-refractivity contribution in [2.24, 2.45) is 0 Å². The van der Waals surface area contributed by atoms with Gasteiger partial charge in [-0.05, 0) is 24.3 Å². The number of hydrogen-bond donors (Lipinski definition) is 2. The molecule has 0 atom stereocenters. The predicted octanol–water partition coefficient (Wildman–Crippen LogP) is 2.12. The lowest BCUT2D eigenvalue weighted by Gasteiger charge is -2.12. The van der Waals surface area contributed by atoms with Gasteiger partial charge in [0, 0.05) is 26.0 Å². The van der Waals surface area contributed by atoms with Crippen LogP contribution in [0, 0.1) is 5.82 Å². The minimum atomic E-state index is -1.30. The summed E-state index contributed by atoms with van der Waals surface area (Å²) in [7, 11) is 3.61. The van der Waals surface area contributed by atoms with Crippen molar-refractivity contribution in [3.8, 4) is 0 Å². The summed E-state index contributed by atoms with van der Waals surface area (Å²) in [4.78, 5) is 20.7. The molecule has 0 aliphatic heterocycles. The number of nitrogens with zero attached hydrogens (tertiary/aromatic N) is 3. The maximum Gasteiger partial charge on any atom is 0.338 e. The molecule has 6 nitrogen and oxygen atoms in total. The highest BCUT2D eigenvalue weighted by Crippen LogP contribution is 2.19. The number of halogens is 1. The Balaban J connectivity index is 2.24. The molecule has 7 heteroatoms. The van der Waals surface area contributed by atoms with Crippen molar-refractivity contribution in [3.05, 3.63) is 41.8 Å². The molecule has 2 aromatic rings. The third kappa shape index (κ3) is 3.00. The van der Waals surface area contributed by atoms with Crippen LogP contribution in [-0.2, 0) is 0 Å². The molecule has 1 heterocycles. The number of nitrogens with one attached hydrogen (secondary N) is 1. The Bertz CT molecular complexity index is 646. The summed E-state index contributed by atoms with van der Waals surface area (Å²) in [6, 6.07) is 5.43. The average molecular weight is 276 g/mol. The Kier molecular flexibility index (Phi) is 3.79. The molecule has 0 amide bonds. The van der Waals surface area contributed by atoms with Crippen LogP contribution in [0.15, 0.2) is 30.5 Å². The van der Waals surface area contributed by atoms with Crippen molar-refractivity contribution in [2.45, 2.75) is 0 Å². The van der Waals surface area contributed by atoms with Gasteiger partial charge in [0.25, 0.3) is 0 Å². The first kappa shape index (κ1) is 13.7. The molecule has 1 aromatic heterocycles. The number of rotatable bonds is 4. The van der Waals surface area contributed by atoms with E-state index in [4.69, 9.17) is 5.11 Å². The van der Waals surface area contributed by atoms with E-state index in [-0.39, 0.29) is 5.56 Å². The van der Waals surface area contributed by atoms with E-state index in [1.54, 1.807) is 31.3 Å². The first-order valence-corrected chi connectivity index (χ1v) is 5.77. The second kappa shape index (κ2) is 5.52. The summed E-state index contributed by atoms with van der Waals surface area (Å²) in [5.74, 6) is -1.10. The monoisotopic (exact) mass is 276 g/mol. The van der Waals surface area contributed by atoms with Crippen LogP contribution in [0.25, 0.3) is 0 Å². The number of aromatic nitrogens is 2. The lowest BCUT2D eigenvalue weighted by molar-refractivity contribution is 0.0692. The summed E-state index contributed by atoms with van der Waals surface area (Å²) in [5, 5.41) is 11.7. The van der Waals surface area contributed by atoms with Crippen LogP contribution < -0.4 is 10.2 Å². The summed E-state index contributed by atoms with van der Waals surface area (Å²) in [6.07, 6.45) is 1.58. The number of carboxylic acids is 1. The van der Waals surface area contributed by atoms with Gasteiger partial charge in [0.1, 0.15) is 11.6 Å². The first-order valence-electron chi connectivity index (χ1n) is 5.77. The average Bonchev–Trinajstić information content (AvgIpc) is 2.38. The molecule has 104 valence electrons. The van der Waals surface area contributed by atoms with Crippen LogP contribution in [0.1, 0.15) is 10.4 Å². The van der Waals surface area contributed by atoms with E-state index in [1.807, 2.05) is 0 Å². The van der Waals surface area contributed by atoms with Crippen LogP contribution in [0.3, 0.4) is 0 Å². The molecule has 0 aliphatic carbocycles. The number of hydrogen-bond acceptors (Lipinski definition) is 5.